The van der Waals surface area contributed by atoms with E-state index in [1.165, 1.54) is 25.3 Å². The molecule has 1 N–H and O–H groups in total. The molecule has 0 radical (unpaired) electrons. The zero-order valence-corrected chi connectivity index (χ0v) is 15.7. The molecule has 0 saturated carbocycles. The average Bonchev–Trinajstić information content (AvgIpc) is 2.66. The maximum absolute atomic E-state index is 12.0. The highest BCUT2D eigenvalue weighted by atomic mass is 16.5. The molecule has 0 unspecified atom stereocenters. The number of hydrogen-bond acceptors (Lipinski definition) is 5. The Morgan fingerprint density at radius 3 is 2.07 bits per heavy atom. The Morgan fingerprint density at radius 1 is 0.963 bits per heavy atom. The van der Waals surface area contributed by atoms with Crippen LogP contribution in [-0.4, -0.2) is 37.9 Å². The molecule has 0 heterocycles. The first kappa shape index (κ1) is 20.0. The molecule has 5 heteroatoms. The number of nitrogens with zero attached hydrogens (tertiary/aromatic N) is 1. The molecule has 0 fully saturated rings. The van der Waals surface area contributed by atoms with E-state index in [0.717, 1.165) is 11.3 Å². The molecule has 0 aromatic heterocycles. The molecule has 140 valence electrons. The SMILES string of the molecule is COc1cc(C=CC(=O)CC(=O)C=Cc2ccc(N(C)C)cc2)ccc1O. The summed E-state index contributed by atoms with van der Waals surface area (Å²) in [6, 6.07) is 12.5. The number of hydrogen-bond donors (Lipinski definition) is 1. The number of phenols is 1. The molecule has 0 amide bonds. The molecule has 0 aliphatic heterocycles. The van der Waals surface area contributed by atoms with E-state index in [4.69, 9.17) is 4.74 Å². The Labute approximate surface area is 159 Å². The second-order valence-corrected chi connectivity index (χ2v) is 6.19. The van der Waals surface area contributed by atoms with Crippen LogP contribution in [0.1, 0.15) is 17.5 Å². The van der Waals surface area contributed by atoms with Crippen molar-refractivity contribution in [2.45, 2.75) is 6.42 Å². The maximum Gasteiger partial charge on any atom is 0.163 e. The van der Waals surface area contributed by atoms with Crippen LogP contribution in [0.25, 0.3) is 12.2 Å². The number of carbonyl (C=O) groups excluding carboxylic acids is 2. The summed E-state index contributed by atoms with van der Waals surface area (Å²) in [5.41, 5.74) is 2.67. The Hall–Kier alpha value is -3.34. The molecular weight excluding hydrogens is 342 g/mol. The van der Waals surface area contributed by atoms with Gasteiger partial charge in [-0.2, -0.15) is 0 Å². The summed E-state index contributed by atoms with van der Waals surface area (Å²) < 4.78 is 5.02. The van der Waals surface area contributed by atoms with Crippen molar-refractivity contribution in [1.82, 2.24) is 0 Å². The third-order valence-corrected chi connectivity index (χ3v) is 3.89. The van der Waals surface area contributed by atoms with Crippen LogP contribution in [0.4, 0.5) is 5.69 Å². The Bertz CT molecular complexity index is 864. The van der Waals surface area contributed by atoms with Gasteiger partial charge in [-0.3, -0.25) is 9.59 Å². The molecule has 0 saturated heterocycles. The molecular formula is C22H23NO4. The van der Waals surface area contributed by atoms with Gasteiger partial charge >= 0.3 is 0 Å². The topological polar surface area (TPSA) is 66.8 Å². The second-order valence-electron chi connectivity index (χ2n) is 6.19. The molecule has 2 aromatic rings. The van der Waals surface area contributed by atoms with Gasteiger partial charge in [0.15, 0.2) is 23.1 Å². The van der Waals surface area contributed by atoms with Crippen molar-refractivity contribution in [2.75, 3.05) is 26.1 Å². The zero-order chi connectivity index (χ0) is 19.8. The number of carbonyl (C=O) groups is 2. The van der Waals surface area contributed by atoms with Crippen molar-refractivity contribution >= 4 is 29.4 Å². The van der Waals surface area contributed by atoms with Crippen LogP contribution in [0.2, 0.25) is 0 Å². The fourth-order valence-electron chi connectivity index (χ4n) is 2.35. The number of anilines is 1. The lowest BCUT2D eigenvalue weighted by Gasteiger charge is -2.11. The first-order valence-corrected chi connectivity index (χ1v) is 8.45. The van der Waals surface area contributed by atoms with Gasteiger partial charge in [0.25, 0.3) is 0 Å². The van der Waals surface area contributed by atoms with Gasteiger partial charge in [0.05, 0.1) is 13.5 Å². The minimum absolute atomic E-state index is 0.0277. The number of benzene rings is 2. The molecule has 27 heavy (non-hydrogen) atoms. The Kier molecular flexibility index (Phi) is 6.94. The fourth-order valence-corrected chi connectivity index (χ4v) is 2.35. The summed E-state index contributed by atoms with van der Waals surface area (Å²) >= 11 is 0. The smallest absolute Gasteiger partial charge is 0.163 e. The van der Waals surface area contributed by atoms with E-state index in [0.29, 0.717) is 11.3 Å². The number of phenolic OH excluding ortho intramolecular Hbond substituents is 1. The lowest BCUT2D eigenvalue weighted by molar-refractivity contribution is -0.121. The van der Waals surface area contributed by atoms with Crippen LogP contribution < -0.4 is 9.64 Å². The van der Waals surface area contributed by atoms with E-state index in [2.05, 4.69) is 0 Å². The van der Waals surface area contributed by atoms with E-state index in [1.54, 1.807) is 24.3 Å². The number of ether oxygens (including phenoxy) is 1. The van der Waals surface area contributed by atoms with E-state index in [1.807, 2.05) is 43.3 Å². The van der Waals surface area contributed by atoms with Gasteiger partial charge in [0.2, 0.25) is 0 Å². The van der Waals surface area contributed by atoms with Gasteiger partial charge in [0.1, 0.15) is 0 Å². The monoisotopic (exact) mass is 365 g/mol. The molecule has 0 bridgehead atoms. The summed E-state index contributed by atoms with van der Waals surface area (Å²) in [4.78, 5) is 25.9. The molecule has 2 rings (SSSR count). The highest BCUT2D eigenvalue weighted by Crippen LogP contribution is 2.26. The van der Waals surface area contributed by atoms with Crippen molar-refractivity contribution in [3.05, 3.63) is 65.7 Å². The molecule has 2 aromatic carbocycles. The van der Waals surface area contributed by atoms with E-state index >= 15 is 0 Å². The van der Waals surface area contributed by atoms with Gasteiger partial charge in [-0.1, -0.05) is 30.4 Å². The van der Waals surface area contributed by atoms with Crippen molar-refractivity contribution in [2.24, 2.45) is 0 Å². The number of ketones is 2. The largest absolute Gasteiger partial charge is 0.504 e. The Balaban J connectivity index is 1.92. The number of aromatic hydroxyl groups is 1. The van der Waals surface area contributed by atoms with Crippen LogP contribution in [0.3, 0.4) is 0 Å². The van der Waals surface area contributed by atoms with Crippen LogP contribution in [0.15, 0.2) is 54.6 Å². The van der Waals surface area contributed by atoms with Crippen molar-refractivity contribution < 1.29 is 19.4 Å². The highest BCUT2D eigenvalue weighted by molar-refractivity contribution is 6.10. The van der Waals surface area contributed by atoms with Crippen LogP contribution in [0, 0.1) is 0 Å². The van der Waals surface area contributed by atoms with Gasteiger partial charge in [0, 0.05) is 19.8 Å². The number of rotatable bonds is 8. The van der Waals surface area contributed by atoms with Crippen molar-refractivity contribution in [3.8, 4) is 11.5 Å². The third kappa shape index (κ3) is 6.15. The minimum atomic E-state index is -0.292. The van der Waals surface area contributed by atoms with Gasteiger partial charge in [-0.05, 0) is 47.5 Å². The van der Waals surface area contributed by atoms with Crippen LogP contribution in [-0.2, 0) is 9.59 Å². The van der Waals surface area contributed by atoms with Gasteiger partial charge in [-0.25, -0.2) is 0 Å². The van der Waals surface area contributed by atoms with E-state index in [9.17, 15) is 14.7 Å². The summed E-state index contributed by atoms with van der Waals surface area (Å²) in [6.45, 7) is 0. The second kappa shape index (κ2) is 9.38. The predicted octanol–water partition coefficient (Wildman–Crippen LogP) is 3.72. The Morgan fingerprint density at radius 2 is 1.52 bits per heavy atom. The average molecular weight is 365 g/mol. The van der Waals surface area contributed by atoms with Gasteiger partial charge < -0.3 is 14.7 Å². The molecule has 0 atom stereocenters. The van der Waals surface area contributed by atoms with E-state index < -0.39 is 0 Å². The number of methoxy groups -OCH3 is 1. The predicted molar refractivity (Wildman–Crippen MR) is 108 cm³/mol. The normalized spacial score (nSPS) is 11.1. The standard InChI is InChI=1S/C22H23NO4/c1-23(2)18-9-4-16(5-10-18)6-11-19(24)15-20(25)12-7-17-8-13-21(26)22(14-17)27-3/h4-14,26H,15H2,1-3H3. The highest BCUT2D eigenvalue weighted by Gasteiger charge is 2.05. The molecule has 0 aliphatic rings. The van der Waals surface area contributed by atoms with Gasteiger partial charge in [-0.15, -0.1) is 0 Å². The first-order chi connectivity index (χ1) is 12.9. The van der Waals surface area contributed by atoms with Crippen molar-refractivity contribution in [1.29, 1.82) is 0 Å². The van der Waals surface area contributed by atoms with Crippen molar-refractivity contribution in [3.63, 3.8) is 0 Å². The summed E-state index contributed by atoms with van der Waals surface area (Å²) in [6.07, 6.45) is 5.85. The molecule has 0 aliphatic carbocycles. The lowest BCUT2D eigenvalue weighted by Crippen LogP contribution is -2.07. The quantitative estimate of drug-likeness (QED) is 0.570. The van der Waals surface area contributed by atoms with E-state index in [-0.39, 0.29) is 23.7 Å². The van der Waals surface area contributed by atoms with Crippen LogP contribution >= 0.6 is 0 Å². The molecule has 5 nitrogen and oxygen atoms in total. The summed E-state index contributed by atoms with van der Waals surface area (Å²) in [5.74, 6) is -0.201. The third-order valence-electron chi connectivity index (χ3n) is 3.89. The molecule has 0 spiro atoms. The first-order valence-electron chi connectivity index (χ1n) is 8.45. The minimum Gasteiger partial charge on any atom is -0.504 e. The summed E-state index contributed by atoms with van der Waals surface area (Å²) in [5, 5.41) is 9.56. The summed E-state index contributed by atoms with van der Waals surface area (Å²) in [7, 11) is 5.37. The zero-order valence-electron chi connectivity index (χ0n) is 15.7. The lowest BCUT2D eigenvalue weighted by atomic mass is 10.1. The number of allylic oxidation sites excluding steroid dienone is 2. The van der Waals surface area contributed by atoms with Crippen LogP contribution in [0.5, 0.6) is 11.5 Å². The maximum atomic E-state index is 12.0. The fraction of sp³-hybridized carbons (Fsp3) is 0.182.